The van der Waals surface area contributed by atoms with E-state index in [1.54, 1.807) is 20.3 Å². The molecule has 0 unspecified atom stereocenters. The number of nitrogens with zero attached hydrogens (tertiary/aromatic N) is 3. The van der Waals surface area contributed by atoms with Crippen molar-refractivity contribution in [1.29, 1.82) is 0 Å². The lowest BCUT2D eigenvalue weighted by Gasteiger charge is -2.23. The van der Waals surface area contributed by atoms with Gasteiger partial charge in [0.15, 0.2) is 0 Å². The minimum Gasteiger partial charge on any atom is -0.497 e. The number of methoxy groups -OCH3 is 2. The van der Waals surface area contributed by atoms with Crippen LogP contribution < -0.4 is 9.64 Å². The molecule has 0 spiro atoms. The third-order valence-corrected chi connectivity index (χ3v) is 5.04. The van der Waals surface area contributed by atoms with E-state index in [9.17, 15) is 4.39 Å². The standard InChI is InChI=1S/C21H25ClFN3O2/c1-4-18-21(25(11-10-23)12-13-27-2)20-7-5-6-19(26(20)24-18)16-9-8-15(28-3)14-17(16)22/h5-9,14H,4,10-13H2,1-3H3. The quantitative estimate of drug-likeness (QED) is 0.519. The largest absolute Gasteiger partial charge is 0.497 e. The van der Waals surface area contributed by atoms with Crippen molar-refractivity contribution in [2.24, 2.45) is 0 Å². The number of halogens is 2. The minimum absolute atomic E-state index is 0.297. The van der Waals surface area contributed by atoms with E-state index in [2.05, 4.69) is 6.92 Å². The van der Waals surface area contributed by atoms with Gasteiger partial charge in [-0.1, -0.05) is 24.6 Å². The molecule has 0 radical (unpaired) electrons. The zero-order valence-electron chi connectivity index (χ0n) is 16.4. The van der Waals surface area contributed by atoms with Crippen molar-refractivity contribution in [3.63, 3.8) is 0 Å². The van der Waals surface area contributed by atoms with Crippen LogP contribution in [-0.4, -0.2) is 50.2 Å². The summed E-state index contributed by atoms with van der Waals surface area (Å²) in [6.45, 7) is 3.03. The van der Waals surface area contributed by atoms with E-state index in [1.807, 2.05) is 39.7 Å². The van der Waals surface area contributed by atoms with Gasteiger partial charge in [0.25, 0.3) is 0 Å². The Bertz CT molecular complexity index is 945. The van der Waals surface area contributed by atoms with Gasteiger partial charge in [-0.05, 0) is 36.8 Å². The lowest BCUT2D eigenvalue weighted by molar-refractivity contribution is 0.204. The summed E-state index contributed by atoms with van der Waals surface area (Å²) in [6, 6.07) is 11.5. The molecule has 0 aliphatic carbocycles. The van der Waals surface area contributed by atoms with Gasteiger partial charge in [-0.15, -0.1) is 0 Å². The molecule has 0 aliphatic rings. The second kappa shape index (κ2) is 9.26. The number of pyridine rings is 1. The molecule has 2 aromatic heterocycles. The second-order valence-electron chi connectivity index (χ2n) is 6.37. The van der Waals surface area contributed by atoms with Crippen LogP contribution in [-0.2, 0) is 11.2 Å². The van der Waals surface area contributed by atoms with Crippen molar-refractivity contribution in [3.8, 4) is 17.0 Å². The van der Waals surface area contributed by atoms with Crippen LogP contribution in [0, 0.1) is 0 Å². The molecule has 0 N–H and O–H groups in total. The molecule has 0 amide bonds. The highest BCUT2D eigenvalue weighted by molar-refractivity contribution is 6.33. The number of alkyl halides is 1. The number of hydrogen-bond donors (Lipinski definition) is 0. The Balaban J connectivity index is 2.17. The highest BCUT2D eigenvalue weighted by Crippen LogP contribution is 2.35. The highest BCUT2D eigenvalue weighted by atomic mass is 35.5. The number of anilines is 1. The van der Waals surface area contributed by atoms with Gasteiger partial charge in [0.05, 0.1) is 41.3 Å². The van der Waals surface area contributed by atoms with Gasteiger partial charge in [-0.3, -0.25) is 0 Å². The molecule has 0 saturated carbocycles. The molecule has 0 saturated heterocycles. The smallest absolute Gasteiger partial charge is 0.120 e. The summed E-state index contributed by atoms with van der Waals surface area (Å²) in [7, 11) is 3.26. The molecule has 2 heterocycles. The molecule has 1 aromatic carbocycles. The zero-order chi connectivity index (χ0) is 20.1. The Morgan fingerprint density at radius 3 is 2.64 bits per heavy atom. The summed E-state index contributed by atoms with van der Waals surface area (Å²) in [5.41, 5.74) is 4.52. The van der Waals surface area contributed by atoms with E-state index in [0.717, 1.165) is 34.6 Å². The first-order valence-electron chi connectivity index (χ1n) is 9.29. The number of aryl methyl sites for hydroxylation is 1. The maximum absolute atomic E-state index is 13.2. The number of fused-ring (bicyclic) bond motifs is 1. The van der Waals surface area contributed by atoms with Crippen LogP contribution in [0.3, 0.4) is 0 Å². The molecule has 0 atom stereocenters. The first kappa shape index (κ1) is 20.4. The van der Waals surface area contributed by atoms with Crippen LogP contribution in [0.5, 0.6) is 5.75 Å². The predicted octanol–water partition coefficient (Wildman–Crippen LogP) is 4.65. The van der Waals surface area contributed by atoms with Crippen molar-refractivity contribution in [2.45, 2.75) is 13.3 Å². The van der Waals surface area contributed by atoms with Crippen LogP contribution in [0.2, 0.25) is 5.02 Å². The van der Waals surface area contributed by atoms with Gasteiger partial charge in [0.2, 0.25) is 0 Å². The maximum Gasteiger partial charge on any atom is 0.120 e. The molecule has 0 bridgehead atoms. The highest BCUT2D eigenvalue weighted by Gasteiger charge is 2.20. The van der Waals surface area contributed by atoms with Crippen molar-refractivity contribution < 1.29 is 13.9 Å². The summed E-state index contributed by atoms with van der Waals surface area (Å²) < 4.78 is 25.6. The fourth-order valence-electron chi connectivity index (χ4n) is 3.36. The number of benzene rings is 1. The first-order valence-corrected chi connectivity index (χ1v) is 9.66. The van der Waals surface area contributed by atoms with Crippen LogP contribution in [0.25, 0.3) is 16.8 Å². The van der Waals surface area contributed by atoms with E-state index < -0.39 is 6.67 Å². The van der Waals surface area contributed by atoms with Crippen molar-refractivity contribution in [3.05, 3.63) is 47.1 Å². The van der Waals surface area contributed by atoms with Crippen molar-refractivity contribution >= 4 is 22.8 Å². The normalized spacial score (nSPS) is 11.2. The number of hydrogen-bond acceptors (Lipinski definition) is 4. The van der Waals surface area contributed by atoms with Crippen molar-refractivity contribution in [2.75, 3.05) is 45.5 Å². The molecule has 0 fully saturated rings. The van der Waals surface area contributed by atoms with Crippen LogP contribution in [0.1, 0.15) is 12.6 Å². The molecular weight excluding hydrogens is 381 g/mol. The van der Waals surface area contributed by atoms with Gasteiger partial charge >= 0.3 is 0 Å². The predicted molar refractivity (Wildman–Crippen MR) is 112 cm³/mol. The average Bonchev–Trinajstić information content (AvgIpc) is 3.09. The fourth-order valence-corrected chi connectivity index (χ4v) is 3.63. The van der Waals surface area contributed by atoms with E-state index in [4.69, 9.17) is 26.2 Å². The number of ether oxygens (including phenoxy) is 2. The van der Waals surface area contributed by atoms with E-state index in [-0.39, 0.29) is 0 Å². The van der Waals surface area contributed by atoms with Gasteiger partial charge in [-0.25, -0.2) is 8.91 Å². The summed E-state index contributed by atoms with van der Waals surface area (Å²) in [5.74, 6) is 0.699. The Labute approximate surface area is 169 Å². The Morgan fingerprint density at radius 1 is 1.18 bits per heavy atom. The van der Waals surface area contributed by atoms with Crippen LogP contribution in [0.15, 0.2) is 36.4 Å². The zero-order valence-corrected chi connectivity index (χ0v) is 17.2. The molecular formula is C21H25ClFN3O2. The summed E-state index contributed by atoms with van der Waals surface area (Å²) in [6.07, 6.45) is 0.739. The fraction of sp³-hybridized carbons (Fsp3) is 0.381. The molecule has 5 nitrogen and oxygen atoms in total. The maximum atomic E-state index is 13.2. The third-order valence-electron chi connectivity index (χ3n) is 4.72. The van der Waals surface area contributed by atoms with Gasteiger partial charge in [0.1, 0.15) is 12.4 Å². The Morgan fingerprint density at radius 2 is 2.00 bits per heavy atom. The molecule has 3 rings (SSSR count). The van der Waals surface area contributed by atoms with Gasteiger partial charge < -0.3 is 14.4 Å². The lowest BCUT2D eigenvalue weighted by atomic mass is 10.1. The van der Waals surface area contributed by atoms with Crippen molar-refractivity contribution in [1.82, 2.24) is 9.61 Å². The topological polar surface area (TPSA) is 39.0 Å². The van der Waals surface area contributed by atoms with E-state index >= 15 is 0 Å². The minimum atomic E-state index is -0.436. The molecule has 28 heavy (non-hydrogen) atoms. The SMILES string of the molecule is CCc1nn2c(-c3ccc(OC)cc3Cl)cccc2c1N(CCF)CCOC. The Kier molecular flexibility index (Phi) is 6.75. The van der Waals surface area contributed by atoms with Gasteiger partial charge in [-0.2, -0.15) is 5.10 Å². The van der Waals surface area contributed by atoms with E-state index in [0.29, 0.717) is 30.5 Å². The Hall–Kier alpha value is -2.31. The van der Waals surface area contributed by atoms with Crippen LogP contribution in [0.4, 0.5) is 10.1 Å². The van der Waals surface area contributed by atoms with Crippen LogP contribution >= 0.6 is 11.6 Å². The van der Waals surface area contributed by atoms with E-state index in [1.165, 1.54) is 0 Å². The second-order valence-corrected chi connectivity index (χ2v) is 6.78. The molecule has 3 aromatic rings. The van der Waals surface area contributed by atoms with Gasteiger partial charge in [0, 0.05) is 25.8 Å². The lowest BCUT2D eigenvalue weighted by Crippen LogP contribution is -2.30. The number of aromatic nitrogens is 2. The summed E-state index contributed by atoms with van der Waals surface area (Å²) in [4.78, 5) is 2.00. The average molecular weight is 406 g/mol. The molecule has 7 heteroatoms. The third kappa shape index (κ3) is 3.93. The molecule has 150 valence electrons. The molecule has 0 aliphatic heterocycles. The summed E-state index contributed by atoms with van der Waals surface area (Å²) in [5, 5.41) is 5.41. The summed E-state index contributed by atoms with van der Waals surface area (Å²) >= 11 is 6.51. The number of rotatable bonds is 9. The first-order chi connectivity index (χ1) is 13.6. The monoisotopic (exact) mass is 405 g/mol.